The summed E-state index contributed by atoms with van der Waals surface area (Å²) in [4.78, 5) is 0.213. The van der Waals surface area contributed by atoms with Gasteiger partial charge in [0.15, 0.2) is 9.84 Å². The van der Waals surface area contributed by atoms with Gasteiger partial charge in [0.05, 0.1) is 4.90 Å². The van der Waals surface area contributed by atoms with Crippen LogP contribution in [0.1, 0.15) is 51.0 Å². The molecule has 0 saturated carbocycles. The number of phenolic OH excluding ortho intramolecular Hbond substituents is 2. The highest BCUT2D eigenvalue weighted by Crippen LogP contribution is 2.35. The third-order valence-corrected chi connectivity index (χ3v) is 5.69. The summed E-state index contributed by atoms with van der Waals surface area (Å²) in [5.74, 6) is 0.108. The standard InChI is InChI=1S/C21H28O4S/c1-3-4-5-6-7-8-12-19-20(22)14-17(15-21(19)23)16-10-9-11-18(13-16)26(2,24)25/h9-11,13-15,22-23H,3-8,12H2,1-2H3. The Hall–Kier alpha value is -2.01. The van der Waals surface area contributed by atoms with E-state index in [0.717, 1.165) is 19.1 Å². The summed E-state index contributed by atoms with van der Waals surface area (Å²) in [5, 5.41) is 20.7. The lowest BCUT2D eigenvalue weighted by atomic mass is 9.98. The lowest BCUT2D eigenvalue weighted by Gasteiger charge is -2.11. The zero-order valence-corrected chi connectivity index (χ0v) is 16.3. The smallest absolute Gasteiger partial charge is 0.175 e. The van der Waals surface area contributed by atoms with Crippen molar-refractivity contribution in [3.63, 3.8) is 0 Å². The molecular weight excluding hydrogens is 348 g/mol. The average Bonchev–Trinajstić information content (AvgIpc) is 2.59. The summed E-state index contributed by atoms with van der Waals surface area (Å²) >= 11 is 0. The Balaban J connectivity index is 2.14. The van der Waals surface area contributed by atoms with E-state index >= 15 is 0 Å². The van der Waals surface area contributed by atoms with E-state index in [0.29, 0.717) is 23.1 Å². The molecule has 2 rings (SSSR count). The Morgan fingerprint density at radius 1 is 0.846 bits per heavy atom. The highest BCUT2D eigenvalue weighted by atomic mass is 32.2. The number of hydrogen-bond donors (Lipinski definition) is 2. The molecule has 0 unspecified atom stereocenters. The fourth-order valence-electron chi connectivity index (χ4n) is 3.05. The maximum Gasteiger partial charge on any atom is 0.175 e. The van der Waals surface area contributed by atoms with Crippen LogP contribution in [0.2, 0.25) is 0 Å². The Labute approximate surface area is 156 Å². The molecule has 0 spiro atoms. The molecule has 26 heavy (non-hydrogen) atoms. The van der Waals surface area contributed by atoms with Crippen molar-refractivity contribution in [2.24, 2.45) is 0 Å². The third-order valence-electron chi connectivity index (χ3n) is 4.58. The molecule has 0 saturated heterocycles. The van der Waals surface area contributed by atoms with Crippen LogP contribution in [0.15, 0.2) is 41.3 Å². The third kappa shape index (κ3) is 5.49. The van der Waals surface area contributed by atoms with E-state index in [1.54, 1.807) is 30.3 Å². The summed E-state index contributed by atoms with van der Waals surface area (Å²) in [6.07, 6.45) is 8.65. The van der Waals surface area contributed by atoms with Crippen LogP contribution in [0.5, 0.6) is 11.5 Å². The molecule has 0 aliphatic carbocycles. The first-order valence-electron chi connectivity index (χ1n) is 9.18. The molecular formula is C21H28O4S. The lowest BCUT2D eigenvalue weighted by Crippen LogP contribution is -1.97. The van der Waals surface area contributed by atoms with Gasteiger partial charge in [-0.05, 0) is 48.2 Å². The van der Waals surface area contributed by atoms with Gasteiger partial charge in [0.2, 0.25) is 0 Å². The molecule has 0 atom stereocenters. The summed E-state index contributed by atoms with van der Waals surface area (Å²) in [6, 6.07) is 9.68. The number of rotatable bonds is 9. The first-order valence-corrected chi connectivity index (χ1v) is 11.1. The number of benzene rings is 2. The van der Waals surface area contributed by atoms with Crippen molar-refractivity contribution in [1.82, 2.24) is 0 Å². The Morgan fingerprint density at radius 3 is 2.08 bits per heavy atom. The van der Waals surface area contributed by atoms with E-state index in [-0.39, 0.29) is 16.4 Å². The van der Waals surface area contributed by atoms with E-state index in [1.165, 1.54) is 31.7 Å². The monoisotopic (exact) mass is 376 g/mol. The largest absolute Gasteiger partial charge is 0.508 e. The number of unbranched alkanes of at least 4 members (excludes halogenated alkanes) is 5. The molecule has 0 aliphatic heterocycles. The van der Waals surface area contributed by atoms with Gasteiger partial charge >= 0.3 is 0 Å². The van der Waals surface area contributed by atoms with Gasteiger partial charge < -0.3 is 10.2 Å². The fraction of sp³-hybridized carbons (Fsp3) is 0.429. The van der Waals surface area contributed by atoms with E-state index in [4.69, 9.17) is 0 Å². The molecule has 2 aromatic carbocycles. The first-order chi connectivity index (χ1) is 12.3. The normalized spacial score (nSPS) is 11.6. The van der Waals surface area contributed by atoms with Crippen molar-refractivity contribution in [1.29, 1.82) is 0 Å². The molecule has 0 heterocycles. The average molecular weight is 377 g/mol. The number of hydrogen-bond acceptors (Lipinski definition) is 4. The molecule has 4 nitrogen and oxygen atoms in total. The number of phenols is 2. The van der Waals surface area contributed by atoms with Gasteiger partial charge in [0, 0.05) is 11.8 Å². The van der Waals surface area contributed by atoms with Crippen LogP contribution in [-0.4, -0.2) is 24.9 Å². The highest BCUT2D eigenvalue weighted by molar-refractivity contribution is 7.90. The summed E-state index contributed by atoms with van der Waals surface area (Å²) in [6.45, 7) is 2.18. The molecule has 0 aliphatic rings. The second kappa shape index (κ2) is 9.08. The molecule has 5 heteroatoms. The van der Waals surface area contributed by atoms with Crippen molar-refractivity contribution in [2.75, 3.05) is 6.26 Å². The maximum atomic E-state index is 11.7. The molecule has 0 bridgehead atoms. The van der Waals surface area contributed by atoms with Crippen LogP contribution in [0, 0.1) is 0 Å². The van der Waals surface area contributed by atoms with Gasteiger partial charge in [0.1, 0.15) is 11.5 Å². The quantitative estimate of drug-likeness (QED) is 0.599. The second-order valence-corrected chi connectivity index (χ2v) is 8.83. The Morgan fingerprint density at radius 2 is 1.46 bits per heavy atom. The van der Waals surface area contributed by atoms with Crippen molar-refractivity contribution >= 4 is 9.84 Å². The van der Waals surface area contributed by atoms with Gasteiger partial charge in [-0.1, -0.05) is 51.2 Å². The van der Waals surface area contributed by atoms with Crippen molar-refractivity contribution in [2.45, 2.75) is 56.8 Å². The first kappa shape index (κ1) is 20.3. The van der Waals surface area contributed by atoms with Gasteiger partial charge in [0.25, 0.3) is 0 Å². The lowest BCUT2D eigenvalue weighted by molar-refractivity contribution is 0.436. The molecule has 0 radical (unpaired) electrons. The minimum atomic E-state index is -3.31. The molecule has 2 N–H and O–H groups in total. The van der Waals surface area contributed by atoms with Crippen molar-refractivity contribution < 1.29 is 18.6 Å². The fourth-order valence-corrected chi connectivity index (χ4v) is 3.72. The van der Waals surface area contributed by atoms with E-state index in [1.807, 2.05) is 0 Å². The van der Waals surface area contributed by atoms with Crippen LogP contribution >= 0.6 is 0 Å². The van der Waals surface area contributed by atoms with Crippen molar-refractivity contribution in [3.05, 3.63) is 42.0 Å². The molecule has 0 fully saturated rings. The molecule has 0 amide bonds. The van der Waals surface area contributed by atoms with E-state index in [2.05, 4.69) is 6.92 Å². The van der Waals surface area contributed by atoms with E-state index < -0.39 is 9.84 Å². The summed E-state index contributed by atoms with van der Waals surface area (Å²) in [5.41, 5.74) is 1.80. The minimum Gasteiger partial charge on any atom is -0.508 e. The summed E-state index contributed by atoms with van der Waals surface area (Å²) in [7, 11) is -3.31. The molecule has 142 valence electrons. The summed E-state index contributed by atoms with van der Waals surface area (Å²) < 4.78 is 23.4. The molecule has 2 aromatic rings. The van der Waals surface area contributed by atoms with Crippen LogP contribution in [0.25, 0.3) is 11.1 Å². The van der Waals surface area contributed by atoms with Crippen LogP contribution in [0.4, 0.5) is 0 Å². The Bertz CT molecular complexity index is 818. The topological polar surface area (TPSA) is 74.6 Å². The SMILES string of the molecule is CCCCCCCCc1c(O)cc(-c2cccc(S(C)(=O)=O)c2)cc1O. The Kier molecular flexibility index (Phi) is 7.09. The van der Waals surface area contributed by atoms with Gasteiger partial charge in [-0.3, -0.25) is 0 Å². The predicted molar refractivity (Wildman–Crippen MR) is 105 cm³/mol. The minimum absolute atomic E-state index is 0.0540. The zero-order valence-electron chi connectivity index (χ0n) is 15.5. The zero-order chi connectivity index (χ0) is 19.2. The maximum absolute atomic E-state index is 11.7. The van der Waals surface area contributed by atoms with Crippen LogP contribution in [0.3, 0.4) is 0 Å². The number of aromatic hydroxyl groups is 2. The number of sulfone groups is 1. The van der Waals surface area contributed by atoms with Crippen LogP contribution in [-0.2, 0) is 16.3 Å². The van der Waals surface area contributed by atoms with Gasteiger partial charge in [-0.15, -0.1) is 0 Å². The van der Waals surface area contributed by atoms with Crippen molar-refractivity contribution in [3.8, 4) is 22.6 Å². The molecule has 0 aromatic heterocycles. The van der Waals surface area contributed by atoms with Crippen LogP contribution < -0.4 is 0 Å². The van der Waals surface area contributed by atoms with E-state index in [9.17, 15) is 18.6 Å². The second-order valence-electron chi connectivity index (χ2n) is 6.81. The van der Waals surface area contributed by atoms with Gasteiger partial charge in [-0.25, -0.2) is 8.42 Å². The van der Waals surface area contributed by atoms with Gasteiger partial charge in [-0.2, -0.15) is 0 Å². The predicted octanol–water partition coefficient (Wildman–Crippen LogP) is 5.07. The highest BCUT2D eigenvalue weighted by Gasteiger charge is 2.13.